The molecule has 0 unspecified atom stereocenters. The van der Waals surface area contributed by atoms with E-state index in [1.165, 1.54) is 50.1 Å². The molecule has 69 heavy (non-hydrogen) atoms. The Hall–Kier alpha value is -8.98. The fraction of sp³-hybridized carbons (Fsp3) is 0.0149. The first-order valence-electron chi connectivity index (χ1n) is 23.8. The van der Waals surface area contributed by atoms with E-state index in [0.717, 1.165) is 66.8 Å². The van der Waals surface area contributed by atoms with Crippen LogP contribution in [0.3, 0.4) is 0 Å². The van der Waals surface area contributed by atoms with E-state index in [0.29, 0.717) is 0 Å². The number of fused-ring (bicyclic) bond motifs is 6. The maximum Gasteiger partial charge on any atom is 0.136 e. The molecule has 0 amide bonds. The average molecular weight is 880 g/mol. The van der Waals surface area contributed by atoms with Gasteiger partial charge in [-0.15, -0.1) is 0 Å². The van der Waals surface area contributed by atoms with Crippen LogP contribution in [0.15, 0.2) is 277 Å². The minimum absolute atomic E-state index is 0.526. The van der Waals surface area contributed by atoms with Crippen LogP contribution in [-0.2, 0) is 5.41 Å². The third kappa shape index (κ3) is 6.56. The minimum atomic E-state index is -0.526. The van der Waals surface area contributed by atoms with Crippen molar-refractivity contribution in [2.75, 3.05) is 4.90 Å². The van der Waals surface area contributed by atoms with Gasteiger partial charge in [0.1, 0.15) is 11.2 Å². The second-order valence-corrected chi connectivity index (χ2v) is 17.9. The third-order valence-electron chi connectivity index (χ3n) is 14.2. The minimum Gasteiger partial charge on any atom is -0.456 e. The van der Waals surface area contributed by atoms with E-state index in [9.17, 15) is 0 Å². The van der Waals surface area contributed by atoms with Crippen LogP contribution in [-0.4, -0.2) is 0 Å². The summed E-state index contributed by atoms with van der Waals surface area (Å²) in [6.45, 7) is 0. The van der Waals surface area contributed by atoms with Gasteiger partial charge in [-0.3, -0.25) is 0 Å². The molecule has 12 aromatic rings. The van der Waals surface area contributed by atoms with Crippen LogP contribution < -0.4 is 4.90 Å². The smallest absolute Gasteiger partial charge is 0.136 e. The normalized spacial score (nSPS) is 12.5. The molecular weight excluding hydrogens is 835 g/mol. The summed E-state index contributed by atoms with van der Waals surface area (Å²) in [7, 11) is 0. The van der Waals surface area contributed by atoms with E-state index in [4.69, 9.17) is 4.42 Å². The molecule has 11 aromatic carbocycles. The molecule has 0 aliphatic heterocycles. The second-order valence-electron chi connectivity index (χ2n) is 17.9. The number of hydrogen-bond donors (Lipinski definition) is 0. The van der Waals surface area contributed by atoms with Crippen LogP contribution in [0.25, 0.3) is 77.6 Å². The quantitative estimate of drug-likeness (QED) is 0.144. The fourth-order valence-corrected chi connectivity index (χ4v) is 11.2. The van der Waals surface area contributed by atoms with Gasteiger partial charge in [-0.05, 0) is 103 Å². The number of benzene rings is 11. The monoisotopic (exact) mass is 879 g/mol. The molecular formula is C67H45NO. The largest absolute Gasteiger partial charge is 0.456 e. The Bertz CT molecular complexity index is 3790. The number of nitrogens with zero attached hydrogens (tertiary/aromatic N) is 1. The third-order valence-corrected chi connectivity index (χ3v) is 14.2. The topological polar surface area (TPSA) is 16.4 Å². The van der Waals surface area contributed by atoms with E-state index in [1.54, 1.807) is 0 Å². The van der Waals surface area contributed by atoms with Crippen molar-refractivity contribution in [3.63, 3.8) is 0 Å². The second kappa shape index (κ2) is 16.7. The molecule has 0 fully saturated rings. The predicted octanol–water partition coefficient (Wildman–Crippen LogP) is 18.1. The van der Waals surface area contributed by atoms with Crippen LogP contribution in [0.1, 0.15) is 22.3 Å². The average Bonchev–Trinajstić information content (AvgIpc) is 3.97. The summed E-state index contributed by atoms with van der Waals surface area (Å²) in [5.41, 5.74) is 21.2. The van der Waals surface area contributed by atoms with Crippen LogP contribution in [0.4, 0.5) is 17.1 Å². The van der Waals surface area contributed by atoms with Crippen molar-refractivity contribution < 1.29 is 4.42 Å². The molecule has 0 atom stereocenters. The highest BCUT2D eigenvalue weighted by Crippen LogP contribution is 2.59. The molecule has 0 saturated carbocycles. The molecule has 324 valence electrons. The highest BCUT2D eigenvalue weighted by molar-refractivity contribution is 6.14. The van der Waals surface area contributed by atoms with Crippen LogP contribution in [0.5, 0.6) is 0 Å². The van der Waals surface area contributed by atoms with Gasteiger partial charge in [0.2, 0.25) is 0 Å². The molecule has 2 heteroatoms. The Morgan fingerprint density at radius 2 is 0.768 bits per heavy atom. The Balaban J connectivity index is 1.06. The molecule has 0 radical (unpaired) electrons. The van der Waals surface area contributed by atoms with Crippen molar-refractivity contribution in [1.29, 1.82) is 0 Å². The lowest BCUT2D eigenvalue weighted by molar-refractivity contribution is 0.669. The van der Waals surface area contributed by atoms with Crippen LogP contribution in [0.2, 0.25) is 0 Å². The molecule has 13 rings (SSSR count). The van der Waals surface area contributed by atoms with Gasteiger partial charge in [0.25, 0.3) is 0 Å². The zero-order valence-electron chi connectivity index (χ0n) is 37.8. The van der Waals surface area contributed by atoms with Gasteiger partial charge in [0, 0.05) is 27.6 Å². The molecule has 0 bridgehead atoms. The van der Waals surface area contributed by atoms with Gasteiger partial charge in [0.15, 0.2) is 0 Å². The Morgan fingerprint density at radius 1 is 0.304 bits per heavy atom. The molecule has 1 aliphatic rings. The predicted molar refractivity (Wildman–Crippen MR) is 287 cm³/mol. The summed E-state index contributed by atoms with van der Waals surface area (Å²) in [4.78, 5) is 2.48. The first-order valence-corrected chi connectivity index (χ1v) is 23.8. The zero-order chi connectivity index (χ0) is 45.7. The van der Waals surface area contributed by atoms with Gasteiger partial charge in [-0.25, -0.2) is 0 Å². The van der Waals surface area contributed by atoms with Crippen molar-refractivity contribution in [1.82, 2.24) is 0 Å². The Kier molecular flexibility index (Phi) is 9.77. The first-order chi connectivity index (χ1) is 34.3. The van der Waals surface area contributed by atoms with Gasteiger partial charge in [0.05, 0.1) is 16.8 Å². The standard InChI is InChI=1S/C67H45NO/c1-4-21-46(22-5-1)47-41-43-48(44-42-47)49-23-18-28-52(45-49)68(62-38-16-12-30-54(62)56-34-20-40-64-66(56)58-32-13-17-39-63(58)69-64)61-37-15-11-29-53(61)55-33-19-36-60-65(55)57-31-10-14-35-59(57)67(60,50-24-6-2-7-25-50)51-26-8-3-9-27-51/h1-45H. The summed E-state index contributed by atoms with van der Waals surface area (Å²) < 4.78 is 6.50. The van der Waals surface area contributed by atoms with Gasteiger partial charge >= 0.3 is 0 Å². The number of rotatable bonds is 9. The number of para-hydroxylation sites is 3. The van der Waals surface area contributed by atoms with Crippen molar-refractivity contribution >= 4 is 39.0 Å². The van der Waals surface area contributed by atoms with E-state index in [-0.39, 0.29) is 0 Å². The van der Waals surface area contributed by atoms with Crippen molar-refractivity contribution in [2.24, 2.45) is 0 Å². The van der Waals surface area contributed by atoms with Crippen molar-refractivity contribution in [3.8, 4) is 55.6 Å². The van der Waals surface area contributed by atoms with E-state index >= 15 is 0 Å². The summed E-state index contributed by atoms with van der Waals surface area (Å²) in [5.74, 6) is 0. The van der Waals surface area contributed by atoms with E-state index < -0.39 is 5.41 Å². The molecule has 0 saturated heterocycles. The molecule has 0 spiro atoms. The van der Waals surface area contributed by atoms with Crippen LogP contribution in [0, 0.1) is 0 Å². The molecule has 2 nitrogen and oxygen atoms in total. The number of furan rings is 1. The van der Waals surface area contributed by atoms with Gasteiger partial charge in [-0.1, -0.05) is 237 Å². The van der Waals surface area contributed by atoms with Crippen LogP contribution >= 0.6 is 0 Å². The zero-order valence-corrected chi connectivity index (χ0v) is 37.8. The lowest BCUT2D eigenvalue weighted by atomic mass is 9.67. The maximum atomic E-state index is 6.50. The molecule has 1 heterocycles. The number of hydrogen-bond acceptors (Lipinski definition) is 2. The SMILES string of the molecule is c1ccc(-c2ccc(-c3cccc(N(c4ccccc4-c4cccc5c4-c4ccccc4C5(c4ccccc4)c4ccccc4)c4ccccc4-c4cccc5oc6ccccc6c45)c3)cc2)cc1. The lowest BCUT2D eigenvalue weighted by Gasteiger charge is -2.34. The fourth-order valence-electron chi connectivity index (χ4n) is 11.2. The first kappa shape index (κ1) is 40.3. The molecule has 1 aliphatic carbocycles. The summed E-state index contributed by atoms with van der Waals surface area (Å²) in [6, 6.07) is 99.3. The molecule has 0 N–H and O–H groups in total. The summed E-state index contributed by atoms with van der Waals surface area (Å²) in [5, 5.41) is 2.21. The van der Waals surface area contributed by atoms with Crippen molar-refractivity contribution in [3.05, 3.63) is 295 Å². The summed E-state index contributed by atoms with van der Waals surface area (Å²) >= 11 is 0. The Labute approximate surface area is 402 Å². The van der Waals surface area contributed by atoms with Crippen molar-refractivity contribution in [2.45, 2.75) is 5.41 Å². The lowest BCUT2D eigenvalue weighted by Crippen LogP contribution is -2.28. The highest BCUT2D eigenvalue weighted by atomic mass is 16.3. The number of anilines is 3. The van der Waals surface area contributed by atoms with E-state index in [1.807, 2.05) is 6.07 Å². The molecule has 1 aromatic heterocycles. The highest BCUT2D eigenvalue weighted by Gasteiger charge is 2.47. The summed E-state index contributed by atoms with van der Waals surface area (Å²) in [6.07, 6.45) is 0. The maximum absolute atomic E-state index is 6.50. The van der Waals surface area contributed by atoms with Gasteiger partial charge < -0.3 is 9.32 Å². The van der Waals surface area contributed by atoms with E-state index in [2.05, 4.69) is 272 Å². The Morgan fingerprint density at radius 3 is 1.48 bits per heavy atom. The van der Waals surface area contributed by atoms with Gasteiger partial charge in [-0.2, -0.15) is 0 Å².